The average molecular weight is 796 g/mol. The maximum absolute atomic E-state index is 14.0. The van der Waals surface area contributed by atoms with Gasteiger partial charge in [0, 0.05) is 34.0 Å². The highest BCUT2D eigenvalue weighted by atomic mass is 19.4. The molecular formula is C49H72F3NO4. The molecule has 1 unspecified atom stereocenters. The van der Waals surface area contributed by atoms with E-state index in [-0.39, 0.29) is 17.2 Å². The van der Waals surface area contributed by atoms with Gasteiger partial charge in [-0.05, 0) is 94.0 Å². The van der Waals surface area contributed by atoms with Crippen LogP contribution in [0.25, 0.3) is 0 Å². The van der Waals surface area contributed by atoms with Gasteiger partial charge in [-0.25, -0.2) is 0 Å². The molecular weight excluding hydrogens is 724 g/mol. The van der Waals surface area contributed by atoms with Crippen LogP contribution in [-0.2, 0) is 33.4 Å². The summed E-state index contributed by atoms with van der Waals surface area (Å²) in [6, 6.07) is 10.0. The normalized spacial score (nSPS) is 14.1. The Morgan fingerprint density at radius 2 is 0.982 bits per heavy atom. The van der Waals surface area contributed by atoms with Crippen molar-refractivity contribution in [3.8, 4) is 17.2 Å². The summed E-state index contributed by atoms with van der Waals surface area (Å²) in [5.74, 6) is 0.944. The summed E-state index contributed by atoms with van der Waals surface area (Å²) in [4.78, 5) is 4.97. The average Bonchev–Trinajstić information content (AvgIpc) is 3.06. The van der Waals surface area contributed by atoms with Crippen molar-refractivity contribution in [3.63, 3.8) is 0 Å². The predicted octanol–water partition coefficient (Wildman–Crippen LogP) is 13.3. The third kappa shape index (κ3) is 11.4. The number of hydrogen-bond acceptors (Lipinski definition) is 5. The fourth-order valence-corrected chi connectivity index (χ4v) is 7.14. The van der Waals surface area contributed by atoms with E-state index in [1.54, 1.807) is 0 Å². The molecule has 57 heavy (non-hydrogen) atoms. The molecule has 0 saturated carbocycles. The summed E-state index contributed by atoms with van der Waals surface area (Å²) in [5.41, 5.74) is 0.539. The summed E-state index contributed by atoms with van der Waals surface area (Å²) in [6.45, 7) is 34.9. The van der Waals surface area contributed by atoms with Gasteiger partial charge in [-0.2, -0.15) is 13.2 Å². The monoisotopic (exact) mass is 796 g/mol. The van der Waals surface area contributed by atoms with Gasteiger partial charge >= 0.3 is 6.18 Å². The molecule has 0 aromatic heterocycles. The minimum Gasteiger partial charge on any atom is -0.507 e. The highest BCUT2D eigenvalue weighted by Crippen LogP contribution is 2.50. The lowest BCUT2D eigenvalue weighted by atomic mass is 9.69. The van der Waals surface area contributed by atoms with E-state index in [2.05, 4.69) is 96.9 Å². The van der Waals surface area contributed by atoms with Crippen LogP contribution >= 0.6 is 0 Å². The van der Waals surface area contributed by atoms with E-state index in [4.69, 9.17) is 14.5 Å². The van der Waals surface area contributed by atoms with E-state index in [0.717, 1.165) is 77.6 Å². The zero-order valence-corrected chi connectivity index (χ0v) is 37.8. The van der Waals surface area contributed by atoms with Gasteiger partial charge in [-0.3, -0.25) is 4.99 Å². The van der Waals surface area contributed by atoms with Crippen LogP contribution in [0.1, 0.15) is 181 Å². The van der Waals surface area contributed by atoms with Crippen LogP contribution in [-0.4, -0.2) is 35.7 Å². The first-order chi connectivity index (χ1) is 26.0. The molecule has 8 heteroatoms. The smallest absolute Gasteiger partial charge is 0.416 e. The number of phenols is 1. The fourth-order valence-electron chi connectivity index (χ4n) is 7.14. The molecule has 0 radical (unpaired) electrons. The second kappa shape index (κ2) is 17.8. The second-order valence-corrected chi connectivity index (χ2v) is 20.2. The van der Waals surface area contributed by atoms with Gasteiger partial charge in [-0.15, -0.1) is 0 Å². The highest BCUT2D eigenvalue weighted by molar-refractivity contribution is 5.84. The third-order valence-electron chi connectivity index (χ3n) is 10.6. The van der Waals surface area contributed by atoms with Crippen LogP contribution in [0.4, 0.5) is 13.2 Å². The Hall–Kier alpha value is -3.52. The Morgan fingerprint density at radius 3 is 1.28 bits per heavy atom. The van der Waals surface area contributed by atoms with Gasteiger partial charge in [-0.1, -0.05) is 124 Å². The number of alkyl halides is 3. The van der Waals surface area contributed by atoms with Crippen molar-refractivity contribution < 1.29 is 32.9 Å². The van der Waals surface area contributed by atoms with Crippen molar-refractivity contribution in [3.05, 3.63) is 87.0 Å². The molecule has 0 amide bonds. The fraction of sp³-hybridized carbons (Fsp3) is 0.612. The van der Waals surface area contributed by atoms with E-state index < -0.39 is 45.0 Å². The summed E-state index contributed by atoms with van der Waals surface area (Å²) >= 11 is 0. The van der Waals surface area contributed by atoms with E-state index >= 15 is 0 Å². The van der Waals surface area contributed by atoms with Gasteiger partial charge in [0.2, 0.25) is 0 Å². The number of aromatic hydroxyl groups is 1. The van der Waals surface area contributed by atoms with Gasteiger partial charge < -0.3 is 19.7 Å². The molecule has 5 nitrogen and oxygen atoms in total. The molecule has 0 bridgehead atoms. The van der Waals surface area contributed by atoms with E-state index in [0.29, 0.717) is 24.3 Å². The number of halogens is 3. The Labute approximate surface area is 342 Å². The SMILES string of the molecule is CCCCOc1c(C(C)(C)C)cc(C(O)(c2cc(C(C)(C)C)c(OCCCC)c(C(C)(C)C)c2)C(N=Cc2cc(C(F)(F)F)ccc2O)C(C)C)cc1C(C)(C)C. The Kier molecular flexibility index (Phi) is 14.9. The molecule has 0 fully saturated rings. The van der Waals surface area contributed by atoms with Gasteiger partial charge in [0.1, 0.15) is 22.8 Å². The van der Waals surface area contributed by atoms with Crippen LogP contribution < -0.4 is 9.47 Å². The molecule has 0 heterocycles. The second-order valence-electron chi connectivity index (χ2n) is 20.2. The van der Waals surface area contributed by atoms with Crippen LogP contribution in [0.15, 0.2) is 47.5 Å². The number of phenolic OH excluding ortho intramolecular Hbond substituents is 1. The standard InChI is InChI=1S/C49H72F3NO4/c1-17-19-23-56-41-36(44(5,6)7)26-34(27-37(41)45(8,9)10)48(55,43(31(3)4)53-30-32-25-33(49(50,51)52)21-22-40(32)54)35-28-38(46(11,12)13)42(57-24-20-18-2)39(29-35)47(14,15)16/h21-22,25-31,43,54-55H,17-20,23-24H2,1-16H3. The highest BCUT2D eigenvalue weighted by Gasteiger charge is 2.46. The van der Waals surface area contributed by atoms with E-state index in [1.807, 2.05) is 38.1 Å². The molecule has 2 N–H and O–H groups in total. The first-order valence-corrected chi connectivity index (χ1v) is 20.8. The van der Waals surface area contributed by atoms with Crippen molar-refractivity contribution in [1.29, 1.82) is 0 Å². The first-order valence-electron chi connectivity index (χ1n) is 20.8. The molecule has 3 rings (SSSR count). The topological polar surface area (TPSA) is 71.3 Å². The number of nitrogens with zero attached hydrogens (tertiary/aromatic N) is 1. The number of hydrogen-bond donors (Lipinski definition) is 2. The van der Waals surface area contributed by atoms with Crippen molar-refractivity contribution in [1.82, 2.24) is 0 Å². The molecule has 3 aromatic rings. The molecule has 318 valence electrons. The van der Waals surface area contributed by atoms with Crippen molar-refractivity contribution >= 4 is 6.21 Å². The van der Waals surface area contributed by atoms with Gasteiger partial charge in [0.25, 0.3) is 0 Å². The lowest BCUT2D eigenvalue weighted by molar-refractivity contribution is -0.137. The Bertz CT molecular complexity index is 1690. The van der Waals surface area contributed by atoms with Crippen molar-refractivity contribution in [2.24, 2.45) is 10.9 Å². The van der Waals surface area contributed by atoms with Crippen LogP contribution in [0.3, 0.4) is 0 Å². The minimum atomic E-state index is -4.62. The molecule has 0 aliphatic carbocycles. The lowest BCUT2D eigenvalue weighted by Gasteiger charge is -2.41. The molecule has 0 spiro atoms. The number of rotatable bonds is 14. The maximum atomic E-state index is 14.0. The van der Waals surface area contributed by atoms with Crippen molar-refractivity contribution in [2.45, 2.75) is 176 Å². The predicted molar refractivity (Wildman–Crippen MR) is 231 cm³/mol. The molecule has 3 aromatic carbocycles. The molecule has 1 atom stereocenters. The largest absolute Gasteiger partial charge is 0.507 e. The Morgan fingerprint density at radius 1 is 0.614 bits per heavy atom. The third-order valence-corrected chi connectivity index (χ3v) is 10.6. The number of aliphatic imine (C=N–C) groups is 1. The van der Waals surface area contributed by atoms with Crippen molar-refractivity contribution in [2.75, 3.05) is 13.2 Å². The van der Waals surface area contributed by atoms with Crippen LogP contribution in [0.5, 0.6) is 17.2 Å². The summed E-state index contributed by atoms with van der Waals surface area (Å²) in [7, 11) is 0. The zero-order valence-electron chi connectivity index (χ0n) is 37.8. The van der Waals surface area contributed by atoms with Crippen LogP contribution in [0, 0.1) is 5.92 Å². The first kappa shape index (κ1) is 47.9. The lowest BCUT2D eigenvalue weighted by Crippen LogP contribution is -2.44. The zero-order chi connectivity index (χ0) is 43.5. The molecule has 0 saturated heterocycles. The van der Waals surface area contributed by atoms with E-state index in [1.165, 1.54) is 6.21 Å². The van der Waals surface area contributed by atoms with Crippen LogP contribution in [0.2, 0.25) is 0 Å². The van der Waals surface area contributed by atoms with E-state index in [9.17, 15) is 23.4 Å². The summed E-state index contributed by atoms with van der Waals surface area (Å²) in [6.07, 6.45) is 0.401. The number of unbranched alkanes of at least 4 members (excludes halogenated alkanes) is 2. The molecule has 0 aliphatic rings. The van der Waals surface area contributed by atoms with Gasteiger partial charge in [0.15, 0.2) is 0 Å². The maximum Gasteiger partial charge on any atom is 0.416 e. The molecule has 0 aliphatic heterocycles. The summed E-state index contributed by atoms with van der Waals surface area (Å²) in [5, 5.41) is 24.8. The minimum absolute atomic E-state index is 0.0892. The summed E-state index contributed by atoms with van der Waals surface area (Å²) < 4.78 is 54.9. The number of aliphatic hydroxyl groups is 1. The Balaban J connectivity index is 2.67. The number of ether oxygens (including phenoxy) is 2. The van der Waals surface area contributed by atoms with Gasteiger partial charge in [0.05, 0.1) is 24.8 Å². The number of benzene rings is 3. The quantitative estimate of drug-likeness (QED) is 0.126.